The zero-order chi connectivity index (χ0) is 18.4. The molecule has 3 aromatic rings. The maximum atomic E-state index is 3.50. The van der Waals surface area contributed by atoms with E-state index >= 15 is 0 Å². The first-order valence-corrected chi connectivity index (χ1v) is 9.96. The highest BCUT2D eigenvalue weighted by Gasteiger charge is 2.11. The van der Waals surface area contributed by atoms with Crippen LogP contribution in [0.3, 0.4) is 0 Å². The summed E-state index contributed by atoms with van der Waals surface area (Å²) in [4.78, 5) is 0. The van der Waals surface area contributed by atoms with Crippen LogP contribution in [0.4, 0.5) is 0 Å². The molecular weight excluding hydrogens is 314 g/mol. The Labute approximate surface area is 158 Å². The van der Waals surface area contributed by atoms with Gasteiger partial charge in [0, 0.05) is 6.04 Å². The maximum Gasteiger partial charge on any atom is 0.0320 e. The molecule has 3 aromatic carbocycles. The van der Waals surface area contributed by atoms with Crippen molar-refractivity contribution >= 4 is 10.8 Å². The van der Waals surface area contributed by atoms with Gasteiger partial charge in [-0.15, -0.1) is 0 Å². The predicted molar refractivity (Wildman–Crippen MR) is 114 cm³/mol. The molecule has 0 radical (unpaired) electrons. The fraction of sp³-hybridized carbons (Fsp3) is 0.360. The average Bonchev–Trinajstić information content (AvgIpc) is 2.67. The lowest BCUT2D eigenvalue weighted by atomic mass is 9.92. The summed E-state index contributed by atoms with van der Waals surface area (Å²) in [6.45, 7) is 4.43. The maximum absolute atomic E-state index is 3.50. The number of unbranched alkanes of at least 4 members (excludes halogenated alkanes) is 1. The van der Waals surface area contributed by atoms with Gasteiger partial charge in [-0.05, 0) is 67.1 Å². The molecule has 0 fully saturated rings. The molecule has 1 nitrogen and oxygen atoms in total. The number of aryl methyl sites for hydroxylation is 3. The van der Waals surface area contributed by atoms with E-state index in [1.165, 1.54) is 52.3 Å². The summed E-state index contributed by atoms with van der Waals surface area (Å²) in [5.74, 6) is 0. The van der Waals surface area contributed by atoms with E-state index < -0.39 is 0 Å². The minimum Gasteiger partial charge on any atom is -0.313 e. The van der Waals surface area contributed by atoms with Crippen molar-refractivity contribution in [3.63, 3.8) is 0 Å². The number of hydrogen-bond acceptors (Lipinski definition) is 1. The van der Waals surface area contributed by atoms with Crippen molar-refractivity contribution in [2.45, 2.75) is 52.0 Å². The molecule has 3 rings (SSSR count). The van der Waals surface area contributed by atoms with Crippen molar-refractivity contribution in [3.05, 3.63) is 82.9 Å². The SMILES string of the molecule is CCCCc1ccc(CCC(NC)c2cccc(C)c2)c2ccccc12. The van der Waals surface area contributed by atoms with Gasteiger partial charge >= 0.3 is 0 Å². The van der Waals surface area contributed by atoms with Crippen molar-refractivity contribution in [3.8, 4) is 0 Å². The lowest BCUT2D eigenvalue weighted by Gasteiger charge is -2.18. The van der Waals surface area contributed by atoms with Gasteiger partial charge in [0.1, 0.15) is 0 Å². The largest absolute Gasteiger partial charge is 0.313 e. The van der Waals surface area contributed by atoms with Crippen molar-refractivity contribution in [2.75, 3.05) is 7.05 Å². The van der Waals surface area contributed by atoms with E-state index in [4.69, 9.17) is 0 Å². The normalized spacial score (nSPS) is 12.4. The van der Waals surface area contributed by atoms with Gasteiger partial charge in [0.15, 0.2) is 0 Å². The molecule has 0 heterocycles. The Balaban J connectivity index is 1.82. The molecule has 0 saturated heterocycles. The second-order valence-electron chi connectivity index (χ2n) is 7.33. The highest BCUT2D eigenvalue weighted by molar-refractivity contribution is 5.88. The van der Waals surface area contributed by atoms with E-state index in [1.54, 1.807) is 0 Å². The van der Waals surface area contributed by atoms with E-state index in [1.807, 2.05) is 0 Å². The highest BCUT2D eigenvalue weighted by Crippen LogP contribution is 2.27. The van der Waals surface area contributed by atoms with Crippen LogP contribution in [0.1, 0.15) is 54.5 Å². The molecule has 0 saturated carbocycles. The third-order valence-corrected chi connectivity index (χ3v) is 5.40. The Morgan fingerprint density at radius 2 is 1.54 bits per heavy atom. The van der Waals surface area contributed by atoms with Gasteiger partial charge in [-0.3, -0.25) is 0 Å². The second kappa shape index (κ2) is 9.00. The lowest BCUT2D eigenvalue weighted by molar-refractivity contribution is 0.550. The first-order valence-electron chi connectivity index (χ1n) is 9.96. The Bertz CT molecular complexity index is 850. The van der Waals surface area contributed by atoms with Gasteiger partial charge in [-0.25, -0.2) is 0 Å². The topological polar surface area (TPSA) is 12.0 Å². The predicted octanol–water partition coefficient (Wildman–Crippen LogP) is 6.38. The molecule has 1 heteroatoms. The monoisotopic (exact) mass is 345 g/mol. The third-order valence-electron chi connectivity index (χ3n) is 5.40. The standard InChI is InChI=1S/C25H31N/c1-4-5-10-20-14-15-21(24-13-7-6-12-23(20)24)16-17-25(26-3)22-11-8-9-19(2)18-22/h6-9,11-15,18,25-26H,4-5,10,16-17H2,1-3H3. The van der Waals surface area contributed by atoms with E-state index in [-0.39, 0.29) is 0 Å². The molecule has 0 aliphatic heterocycles. The van der Waals surface area contributed by atoms with Gasteiger partial charge in [0.05, 0.1) is 0 Å². The van der Waals surface area contributed by atoms with Gasteiger partial charge < -0.3 is 5.32 Å². The van der Waals surface area contributed by atoms with Gasteiger partial charge in [0.25, 0.3) is 0 Å². The summed E-state index contributed by atoms with van der Waals surface area (Å²) in [6.07, 6.45) is 5.89. The molecule has 0 spiro atoms. The Morgan fingerprint density at radius 3 is 2.15 bits per heavy atom. The van der Waals surface area contributed by atoms with Crippen LogP contribution in [0.5, 0.6) is 0 Å². The summed E-state index contributed by atoms with van der Waals surface area (Å²) in [6, 6.07) is 22.9. The summed E-state index contributed by atoms with van der Waals surface area (Å²) >= 11 is 0. The fourth-order valence-electron chi connectivity index (χ4n) is 3.89. The minimum atomic E-state index is 0.397. The molecule has 26 heavy (non-hydrogen) atoms. The molecule has 0 aliphatic carbocycles. The first kappa shape index (κ1) is 18.7. The number of rotatable bonds is 8. The number of nitrogens with one attached hydrogen (secondary N) is 1. The summed E-state index contributed by atoms with van der Waals surface area (Å²) in [5, 5.41) is 6.37. The van der Waals surface area contributed by atoms with Gasteiger partial charge in [-0.1, -0.05) is 79.6 Å². The van der Waals surface area contributed by atoms with E-state index in [0.29, 0.717) is 6.04 Å². The number of fused-ring (bicyclic) bond motifs is 1. The van der Waals surface area contributed by atoms with E-state index in [9.17, 15) is 0 Å². The molecule has 136 valence electrons. The molecule has 0 amide bonds. The van der Waals surface area contributed by atoms with Gasteiger partial charge in [-0.2, -0.15) is 0 Å². The van der Waals surface area contributed by atoms with E-state index in [2.05, 4.69) is 86.9 Å². The molecule has 0 aliphatic rings. The van der Waals surface area contributed by atoms with Crippen molar-refractivity contribution < 1.29 is 0 Å². The molecular formula is C25H31N. The average molecular weight is 346 g/mol. The molecule has 1 unspecified atom stereocenters. The van der Waals surface area contributed by atoms with Crippen LogP contribution in [0.15, 0.2) is 60.7 Å². The van der Waals surface area contributed by atoms with Crippen LogP contribution in [0.25, 0.3) is 10.8 Å². The smallest absolute Gasteiger partial charge is 0.0320 e. The van der Waals surface area contributed by atoms with Crippen LogP contribution in [-0.2, 0) is 12.8 Å². The Kier molecular flexibility index (Phi) is 6.46. The lowest BCUT2D eigenvalue weighted by Crippen LogP contribution is -2.17. The zero-order valence-corrected chi connectivity index (χ0v) is 16.4. The Morgan fingerprint density at radius 1 is 0.846 bits per heavy atom. The molecule has 1 atom stereocenters. The highest BCUT2D eigenvalue weighted by atomic mass is 14.9. The van der Waals surface area contributed by atoms with Crippen LogP contribution >= 0.6 is 0 Å². The summed E-state index contributed by atoms with van der Waals surface area (Å²) < 4.78 is 0. The van der Waals surface area contributed by atoms with Crippen LogP contribution in [0, 0.1) is 6.92 Å². The summed E-state index contributed by atoms with van der Waals surface area (Å²) in [7, 11) is 2.07. The molecule has 0 bridgehead atoms. The van der Waals surface area contributed by atoms with Crippen molar-refractivity contribution in [2.24, 2.45) is 0 Å². The zero-order valence-electron chi connectivity index (χ0n) is 16.4. The van der Waals surface area contributed by atoms with Crippen LogP contribution in [0.2, 0.25) is 0 Å². The molecule has 0 aromatic heterocycles. The summed E-state index contributed by atoms with van der Waals surface area (Å²) in [5.41, 5.74) is 5.67. The fourth-order valence-corrected chi connectivity index (χ4v) is 3.89. The van der Waals surface area contributed by atoms with Crippen molar-refractivity contribution in [1.82, 2.24) is 5.32 Å². The van der Waals surface area contributed by atoms with Crippen LogP contribution in [-0.4, -0.2) is 7.05 Å². The van der Waals surface area contributed by atoms with Gasteiger partial charge in [0.2, 0.25) is 0 Å². The Hall–Kier alpha value is -2.12. The number of benzene rings is 3. The van der Waals surface area contributed by atoms with Crippen LogP contribution < -0.4 is 5.32 Å². The molecule has 1 N–H and O–H groups in total. The third kappa shape index (κ3) is 4.34. The van der Waals surface area contributed by atoms with Crippen molar-refractivity contribution in [1.29, 1.82) is 0 Å². The second-order valence-corrected chi connectivity index (χ2v) is 7.33. The van der Waals surface area contributed by atoms with E-state index in [0.717, 1.165) is 12.8 Å². The quantitative estimate of drug-likeness (QED) is 0.499. The first-order chi connectivity index (χ1) is 12.7. The minimum absolute atomic E-state index is 0.397. The number of hydrogen-bond donors (Lipinski definition) is 1.